The number of pyridine rings is 1. The maximum atomic E-state index is 10.8. The first-order chi connectivity index (χ1) is 11.1. The van der Waals surface area contributed by atoms with Crippen molar-refractivity contribution in [1.29, 1.82) is 0 Å². The summed E-state index contributed by atoms with van der Waals surface area (Å²) in [5.41, 5.74) is 2.28. The third-order valence-corrected chi connectivity index (χ3v) is 4.61. The fourth-order valence-electron chi connectivity index (χ4n) is 3.04. The topological polar surface area (TPSA) is 63.8 Å². The molecule has 4 rings (SSSR count). The van der Waals surface area contributed by atoms with Gasteiger partial charge >= 0.3 is 0 Å². The van der Waals surface area contributed by atoms with Crippen LogP contribution in [0.3, 0.4) is 0 Å². The molecule has 0 bridgehead atoms. The number of hydrogen-bond acceptors (Lipinski definition) is 4. The smallest absolute Gasteiger partial charge is 0.140 e. The number of aliphatic hydroxyl groups excluding tert-OH is 1. The molecule has 116 valence electrons. The van der Waals surface area contributed by atoms with Crippen LogP contribution < -0.4 is 0 Å². The summed E-state index contributed by atoms with van der Waals surface area (Å²) in [6.45, 7) is 0. The summed E-state index contributed by atoms with van der Waals surface area (Å²) in [6.07, 6.45) is 1.24. The third kappa shape index (κ3) is 2.41. The molecule has 0 saturated heterocycles. The summed E-state index contributed by atoms with van der Waals surface area (Å²) in [4.78, 5) is 4.47. The zero-order valence-corrected chi connectivity index (χ0v) is 13.4. The van der Waals surface area contributed by atoms with Crippen LogP contribution in [-0.4, -0.2) is 31.0 Å². The summed E-state index contributed by atoms with van der Waals surface area (Å²) >= 11 is 12.5. The van der Waals surface area contributed by atoms with E-state index in [-0.39, 0.29) is 5.92 Å². The van der Waals surface area contributed by atoms with Gasteiger partial charge in [-0.3, -0.25) is 4.57 Å². The van der Waals surface area contributed by atoms with Crippen molar-refractivity contribution >= 4 is 23.2 Å². The van der Waals surface area contributed by atoms with Crippen LogP contribution >= 0.6 is 23.2 Å². The highest BCUT2D eigenvalue weighted by atomic mass is 35.5. The molecule has 5 nitrogen and oxygen atoms in total. The molecule has 0 saturated carbocycles. The van der Waals surface area contributed by atoms with E-state index in [0.29, 0.717) is 28.1 Å². The van der Waals surface area contributed by atoms with Crippen molar-refractivity contribution in [1.82, 2.24) is 19.7 Å². The van der Waals surface area contributed by atoms with Crippen molar-refractivity contribution in [2.75, 3.05) is 0 Å². The second kappa shape index (κ2) is 5.60. The van der Waals surface area contributed by atoms with Gasteiger partial charge in [0.15, 0.2) is 0 Å². The molecule has 0 fully saturated rings. The number of hydrogen-bond donors (Lipinski definition) is 1. The maximum absolute atomic E-state index is 10.8. The molecule has 1 aliphatic heterocycles. The number of nitrogens with zero attached hydrogens (tertiary/aromatic N) is 4. The molecular formula is C16H12Cl2N4O. The summed E-state index contributed by atoms with van der Waals surface area (Å²) in [6, 6.07) is 11.0. The molecule has 3 aromatic rings. The number of fused-ring (bicyclic) bond motifs is 3. The molecule has 0 amide bonds. The summed E-state index contributed by atoms with van der Waals surface area (Å²) < 4.78 is 1.83. The SMILES string of the molecule is OC1Cc2nncn2-c2ccc(Cl)nc2C1c1ccccc1Cl. The Bertz CT molecular complexity index is 880. The first-order valence-corrected chi connectivity index (χ1v) is 7.89. The van der Waals surface area contributed by atoms with E-state index in [4.69, 9.17) is 23.2 Å². The molecule has 0 aliphatic carbocycles. The largest absolute Gasteiger partial charge is 0.392 e. The van der Waals surface area contributed by atoms with Crippen LogP contribution in [0.1, 0.15) is 23.0 Å². The molecule has 23 heavy (non-hydrogen) atoms. The van der Waals surface area contributed by atoms with Gasteiger partial charge in [0.05, 0.1) is 23.4 Å². The van der Waals surface area contributed by atoms with Crippen LogP contribution in [0.4, 0.5) is 0 Å². The van der Waals surface area contributed by atoms with Gasteiger partial charge in [-0.15, -0.1) is 10.2 Å². The van der Waals surface area contributed by atoms with E-state index >= 15 is 0 Å². The minimum Gasteiger partial charge on any atom is -0.392 e. The molecule has 2 unspecified atom stereocenters. The van der Waals surface area contributed by atoms with Crippen molar-refractivity contribution in [3.05, 3.63) is 70.0 Å². The molecule has 1 aromatic carbocycles. The Kier molecular flexibility index (Phi) is 3.56. The standard InChI is InChI=1S/C16H12Cl2N4O/c17-10-4-2-1-3-9(10)15-12(23)7-14-21-19-8-22(14)11-5-6-13(18)20-16(11)15/h1-6,8,12,15,23H,7H2. The molecule has 3 heterocycles. The predicted molar refractivity (Wildman–Crippen MR) is 87.2 cm³/mol. The molecule has 1 aliphatic rings. The lowest BCUT2D eigenvalue weighted by Gasteiger charge is -2.22. The highest BCUT2D eigenvalue weighted by Crippen LogP contribution is 2.38. The van der Waals surface area contributed by atoms with E-state index < -0.39 is 6.10 Å². The molecular weight excluding hydrogens is 335 g/mol. The van der Waals surface area contributed by atoms with Gasteiger partial charge in [0.25, 0.3) is 0 Å². The van der Waals surface area contributed by atoms with Gasteiger partial charge in [-0.2, -0.15) is 0 Å². The maximum Gasteiger partial charge on any atom is 0.140 e. The van der Waals surface area contributed by atoms with Crippen LogP contribution in [0, 0.1) is 0 Å². The molecule has 0 spiro atoms. The Morgan fingerprint density at radius 2 is 1.96 bits per heavy atom. The van der Waals surface area contributed by atoms with Crippen LogP contribution in [-0.2, 0) is 6.42 Å². The quantitative estimate of drug-likeness (QED) is 0.688. The second-order valence-electron chi connectivity index (χ2n) is 5.43. The summed E-state index contributed by atoms with van der Waals surface area (Å²) in [5, 5.41) is 19.8. The lowest BCUT2D eigenvalue weighted by molar-refractivity contribution is 0.155. The minimum atomic E-state index is -0.731. The number of rotatable bonds is 1. The van der Waals surface area contributed by atoms with E-state index in [0.717, 1.165) is 11.3 Å². The number of aromatic nitrogens is 4. The molecule has 1 N–H and O–H groups in total. The molecule has 2 aromatic heterocycles. The lowest BCUT2D eigenvalue weighted by Crippen LogP contribution is -2.22. The van der Waals surface area contributed by atoms with E-state index in [1.165, 1.54) is 0 Å². The zero-order chi connectivity index (χ0) is 16.0. The minimum absolute atomic E-state index is 0.351. The van der Waals surface area contributed by atoms with Crippen molar-refractivity contribution in [2.24, 2.45) is 0 Å². The van der Waals surface area contributed by atoms with E-state index in [1.54, 1.807) is 18.5 Å². The van der Waals surface area contributed by atoms with E-state index in [9.17, 15) is 5.11 Å². The Labute approximate surface area is 142 Å². The van der Waals surface area contributed by atoms with Gasteiger partial charge in [-0.05, 0) is 23.8 Å². The van der Waals surface area contributed by atoms with Gasteiger partial charge in [0.2, 0.25) is 0 Å². The van der Waals surface area contributed by atoms with Gasteiger partial charge in [-0.1, -0.05) is 41.4 Å². The summed E-state index contributed by atoms with van der Waals surface area (Å²) in [5.74, 6) is 0.288. The average molecular weight is 347 g/mol. The van der Waals surface area contributed by atoms with Crippen LogP contribution in [0.2, 0.25) is 10.2 Å². The molecule has 2 atom stereocenters. The van der Waals surface area contributed by atoms with Crippen LogP contribution in [0.25, 0.3) is 5.69 Å². The lowest BCUT2D eigenvalue weighted by atomic mass is 9.88. The van der Waals surface area contributed by atoms with Crippen molar-refractivity contribution in [2.45, 2.75) is 18.4 Å². The van der Waals surface area contributed by atoms with E-state index in [2.05, 4.69) is 15.2 Å². The molecule has 7 heteroatoms. The number of halogens is 2. The Hall–Kier alpha value is -1.95. The van der Waals surface area contributed by atoms with Crippen LogP contribution in [0.15, 0.2) is 42.7 Å². The van der Waals surface area contributed by atoms with Crippen molar-refractivity contribution < 1.29 is 5.11 Å². The summed E-state index contributed by atoms with van der Waals surface area (Å²) in [7, 11) is 0. The average Bonchev–Trinajstić information content (AvgIpc) is 2.94. The predicted octanol–water partition coefficient (Wildman–Crippen LogP) is 3.02. The van der Waals surface area contributed by atoms with Gasteiger partial charge in [0.1, 0.15) is 17.3 Å². The monoisotopic (exact) mass is 346 g/mol. The second-order valence-corrected chi connectivity index (χ2v) is 6.22. The highest BCUT2D eigenvalue weighted by molar-refractivity contribution is 6.31. The van der Waals surface area contributed by atoms with Gasteiger partial charge in [-0.25, -0.2) is 4.98 Å². The normalized spacial score (nSPS) is 19.8. The molecule has 0 radical (unpaired) electrons. The Morgan fingerprint density at radius 1 is 1.13 bits per heavy atom. The first-order valence-electron chi connectivity index (χ1n) is 7.13. The van der Waals surface area contributed by atoms with Gasteiger partial charge in [0, 0.05) is 11.4 Å². The fourth-order valence-corrected chi connectivity index (χ4v) is 3.45. The fraction of sp³-hybridized carbons (Fsp3) is 0.188. The van der Waals surface area contributed by atoms with E-state index in [1.807, 2.05) is 28.8 Å². The highest BCUT2D eigenvalue weighted by Gasteiger charge is 2.33. The number of benzene rings is 1. The van der Waals surface area contributed by atoms with Gasteiger partial charge < -0.3 is 5.11 Å². The number of aliphatic hydroxyl groups is 1. The zero-order valence-electron chi connectivity index (χ0n) is 11.9. The van der Waals surface area contributed by atoms with Crippen molar-refractivity contribution in [3.8, 4) is 5.69 Å². The van der Waals surface area contributed by atoms with Crippen LogP contribution in [0.5, 0.6) is 0 Å². The Morgan fingerprint density at radius 3 is 2.78 bits per heavy atom. The third-order valence-electron chi connectivity index (χ3n) is 4.06. The Balaban J connectivity index is 1.99. The van der Waals surface area contributed by atoms with Crippen molar-refractivity contribution in [3.63, 3.8) is 0 Å². The first kappa shape index (κ1) is 14.6.